The summed E-state index contributed by atoms with van der Waals surface area (Å²) in [5.41, 5.74) is 2.25. The number of hydrogen-bond acceptors (Lipinski definition) is 3. The van der Waals surface area contributed by atoms with Gasteiger partial charge in [0.25, 0.3) is 0 Å². The van der Waals surface area contributed by atoms with Gasteiger partial charge in [-0.3, -0.25) is 0 Å². The monoisotopic (exact) mass is 247 g/mol. The average Bonchev–Trinajstić information content (AvgIpc) is 2.30. The molecule has 1 heterocycles. The number of para-hydroxylation sites is 1. The van der Waals surface area contributed by atoms with Crippen molar-refractivity contribution in [1.29, 1.82) is 0 Å². The summed E-state index contributed by atoms with van der Waals surface area (Å²) < 4.78 is 0. The predicted octanol–water partition coefficient (Wildman–Crippen LogP) is 3.41. The van der Waals surface area contributed by atoms with Crippen LogP contribution in [-0.2, 0) is 0 Å². The number of nitrogens with zero attached hydrogens (tertiary/aromatic N) is 1. The molecular weight excluding hydrogens is 230 g/mol. The molecule has 1 N–H and O–H groups in total. The minimum absolute atomic E-state index is 0.237. The van der Waals surface area contributed by atoms with E-state index in [0.717, 1.165) is 17.0 Å². The number of aliphatic hydroxyl groups is 1. The normalized spacial score (nSPS) is 12.9. The molecule has 0 amide bonds. The van der Waals surface area contributed by atoms with E-state index in [1.807, 2.05) is 18.2 Å². The van der Waals surface area contributed by atoms with Crippen LogP contribution in [0.25, 0.3) is 10.9 Å². The average molecular weight is 247 g/mol. The molecule has 2 aromatic rings. The minimum Gasteiger partial charge on any atom is -0.396 e. The number of rotatable bonds is 4. The van der Waals surface area contributed by atoms with Gasteiger partial charge in [0.15, 0.2) is 0 Å². The number of pyridine rings is 1. The molecule has 2 rings (SSSR count). The molecule has 17 heavy (non-hydrogen) atoms. The molecule has 0 radical (unpaired) electrons. The second-order valence-electron chi connectivity index (χ2n) is 4.24. The Morgan fingerprint density at radius 3 is 2.88 bits per heavy atom. The summed E-state index contributed by atoms with van der Waals surface area (Å²) in [7, 11) is 0. The van der Waals surface area contributed by atoms with Gasteiger partial charge in [-0.15, -0.1) is 11.8 Å². The second-order valence-corrected chi connectivity index (χ2v) is 5.67. The Bertz CT molecular complexity index is 513. The largest absolute Gasteiger partial charge is 0.396 e. The zero-order valence-electron chi connectivity index (χ0n) is 10.2. The fourth-order valence-electron chi connectivity index (χ4n) is 1.75. The molecule has 90 valence electrons. The van der Waals surface area contributed by atoms with Crippen molar-refractivity contribution in [2.24, 2.45) is 0 Å². The fourth-order valence-corrected chi connectivity index (χ4v) is 2.75. The molecule has 0 aliphatic heterocycles. The Hall–Kier alpha value is -1.06. The van der Waals surface area contributed by atoms with Gasteiger partial charge in [-0.2, -0.15) is 0 Å². The van der Waals surface area contributed by atoms with Crippen molar-refractivity contribution in [3.05, 3.63) is 35.9 Å². The van der Waals surface area contributed by atoms with Crippen molar-refractivity contribution in [2.45, 2.75) is 30.5 Å². The van der Waals surface area contributed by atoms with Crippen LogP contribution in [0, 0.1) is 6.92 Å². The third-order valence-corrected chi connectivity index (χ3v) is 3.99. The van der Waals surface area contributed by atoms with E-state index < -0.39 is 0 Å². The first-order valence-electron chi connectivity index (χ1n) is 5.84. The van der Waals surface area contributed by atoms with Crippen molar-refractivity contribution in [1.82, 2.24) is 4.98 Å². The summed E-state index contributed by atoms with van der Waals surface area (Å²) in [5.74, 6) is 0. The molecule has 0 bridgehead atoms. The van der Waals surface area contributed by atoms with Gasteiger partial charge >= 0.3 is 0 Å². The maximum atomic E-state index is 8.92. The number of hydrogen-bond donors (Lipinski definition) is 1. The van der Waals surface area contributed by atoms with Crippen LogP contribution in [0.2, 0.25) is 0 Å². The highest BCUT2D eigenvalue weighted by molar-refractivity contribution is 7.99. The van der Waals surface area contributed by atoms with E-state index in [0.29, 0.717) is 5.25 Å². The summed E-state index contributed by atoms with van der Waals surface area (Å²) in [6.07, 6.45) is 0.804. The van der Waals surface area contributed by atoms with Crippen LogP contribution in [0.15, 0.2) is 35.4 Å². The van der Waals surface area contributed by atoms with Gasteiger partial charge in [0.2, 0.25) is 0 Å². The number of thioether (sulfide) groups is 1. The highest BCUT2D eigenvalue weighted by Crippen LogP contribution is 2.28. The van der Waals surface area contributed by atoms with Gasteiger partial charge < -0.3 is 5.11 Å². The van der Waals surface area contributed by atoms with Gasteiger partial charge in [0, 0.05) is 17.2 Å². The lowest BCUT2D eigenvalue weighted by Gasteiger charge is -2.11. The summed E-state index contributed by atoms with van der Waals surface area (Å²) in [6.45, 7) is 4.45. The number of aromatic nitrogens is 1. The minimum atomic E-state index is 0.237. The molecule has 0 saturated heterocycles. The molecule has 1 atom stereocenters. The number of aliphatic hydroxyl groups excluding tert-OH is 1. The first-order chi connectivity index (χ1) is 8.20. The maximum absolute atomic E-state index is 8.92. The highest BCUT2D eigenvalue weighted by Gasteiger charge is 2.08. The van der Waals surface area contributed by atoms with E-state index in [1.165, 1.54) is 10.9 Å². The first-order valence-corrected chi connectivity index (χ1v) is 6.72. The third kappa shape index (κ3) is 2.99. The molecule has 1 aromatic heterocycles. The van der Waals surface area contributed by atoms with E-state index in [1.54, 1.807) is 11.8 Å². The van der Waals surface area contributed by atoms with Gasteiger partial charge in [0.05, 0.1) is 10.5 Å². The molecule has 0 saturated carbocycles. The molecule has 0 aliphatic carbocycles. The van der Waals surface area contributed by atoms with Crippen LogP contribution >= 0.6 is 11.8 Å². The summed E-state index contributed by atoms with van der Waals surface area (Å²) in [5, 5.41) is 11.6. The zero-order chi connectivity index (χ0) is 12.3. The Morgan fingerprint density at radius 1 is 1.35 bits per heavy atom. The quantitative estimate of drug-likeness (QED) is 0.841. The zero-order valence-corrected chi connectivity index (χ0v) is 11.0. The molecular formula is C14H17NOS. The fraction of sp³-hybridized carbons (Fsp3) is 0.357. The second kappa shape index (κ2) is 5.52. The number of benzene rings is 1. The van der Waals surface area contributed by atoms with Gasteiger partial charge in [0.1, 0.15) is 0 Å². The van der Waals surface area contributed by atoms with E-state index >= 15 is 0 Å². The standard InChI is InChI=1S/C14H17NOS/c1-10-9-12-5-3-4-6-13(12)15-14(10)17-11(2)7-8-16/h3-6,9,11,16H,7-8H2,1-2H3. The van der Waals surface area contributed by atoms with Crippen LogP contribution in [0.5, 0.6) is 0 Å². The molecule has 0 aliphatic rings. The Labute approximate surface area is 106 Å². The first kappa shape index (κ1) is 12.4. The Morgan fingerprint density at radius 2 is 2.12 bits per heavy atom. The number of aryl methyl sites for hydroxylation is 1. The molecule has 0 fully saturated rings. The van der Waals surface area contributed by atoms with Crippen molar-refractivity contribution >= 4 is 22.7 Å². The van der Waals surface area contributed by atoms with Gasteiger partial charge in [-0.1, -0.05) is 25.1 Å². The van der Waals surface area contributed by atoms with E-state index in [9.17, 15) is 0 Å². The lowest BCUT2D eigenvalue weighted by molar-refractivity contribution is 0.289. The highest BCUT2D eigenvalue weighted by atomic mass is 32.2. The molecule has 0 spiro atoms. The van der Waals surface area contributed by atoms with E-state index in [2.05, 4.69) is 31.0 Å². The topological polar surface area (TPSA) is 33.1 Å². The summed E-state index contributed by atoms with van der Waals surface area (Å²) >= 11 is 1.74. The smallest absolute Gasteiger partial charge is 0.0999 e. The van der Waals surface area contributed by atoms with Crippen molar-refractivity contribution in [3.8, 4) is 0 Å². The van der Waals surface area contributed by atoms with Crippen LogP contribution < -0.4 is 0 Å². The lowest BCUT2D eigenvalue weighted by atomic mass is 10.2. The van der Waals surface area contributed by atoms with Crippen molar-refractivity contribution in [2.75, 3.05) is 6.61 Å². The van der Waals surface area contributed by atoms with Crippen LogP contribution in [-0.4, -0.2) is 21.9 Å². The predicted molar refractivity (Wildman–Crippen MR) is 73.5 cm³/mol. The van der Waals surface area contributed by atoms with Gasteiger partial charge in [-0.05, 0) is 31.0 Å². The van der Waals surface area contributed by atoms with Crippen LogP contribution in [0.1, 0.15) is 18.9 Å². The molecule has 2 nitrogen and oxygen atoms in total. The lowest BCUT2D eigenvalue weighted by Crippen LogP contribution is -2.01. The number of fused-ring (bicyclic) bond motifs is 1. The maximum Gasteiger partial charge on any atom is 0.0999 e. The summed E-state index contributed by atoms with van der Waals surface area (Å²) in [4.78, 5) is 4.68. The molecule has 1 unspecified atom stereocenters. The Balaban J connectivity index is 2.31. The van der Waals surface area contributed by atoms with Gasteiger partial charge in [-0.25, -0.2) is 4.98 Å². The van der Waals surface area contributed by atoms with E-state index in [4.69, 9.17) is 5.11 Å². The molecule has 1 aromatic carbocycles. The van der Waals surface area contributed by atoms with Crippen molar-refractivity contribution in [3.63, 3.8) is 0 Å². The van der Waals surface area contributed by atoms with Crippen LogP contribution in [0.4, 0.5) is 0 Å². The van der Waals surface area contributed by atoms with E-state index in [-0.39, 0.29) is 6.61 Å². The molecule has 3 heteroatoms. The van der Waals surface area contributed by atoms with Crippen molar-refractivity contribution < 1.29 is 5.11 Å². The Kier molecular flexibility index (Phi) is 4.02. The van der Waals surface area contributed by atoms with Crippen LogP contribution in [0.3, 0.4) is 0 Å². The third-order valence-electron chi connectivity index (χ3n) is 2.72. The summed E-state index contributed by atoms with van der Waals surface area (Å²) in [6, 6.07) is 10.3. The SMILES string of the molecule is Cc1cc2ccccc2nc1SC(C)CCO.